The molecule has 1 aliphatic rings. The quantitative estimate of drug-likeness (QED) is 0.645. The zero-order valence-electron chi connectivity index (χ0n) is 17.7. The fourth-order valence-electron chi connectivity index (χ4n) is 3.44. The van der Waals surface area contributed by atoms with E-state index < -0.39 is 0 Å². The summed E-state index contributed by atoms with van der Waals surface area (Å²) >= 11 is 0. The highest BCUT2D eigenvalue weighted by Crippen LogP contribution is 2.32. The minimum Gasteiger partial charge on any atom is -0.493 e. The number of benzene rings is 2. The van der Waals surface area contributed by atoms with Gasteiger partial charge in [0, 0.05) is 18.0 Å². The lowest BCUT2D eigenvalue weighted by atomic mass is 10.1. The second-order valence-corrected chi connectivity index (χ2v) is 7.05. The van der Waals surface area contributed by atoms with E-state index in [1.54, 1.807) is 36.5 Å². The summed E-state index contributed by atoms with van der Waals surface area (Å²) in [6.45, 7) is -0.200. The number of nitrogens with zero attached hydrogens (tertiary/aromatic N) is 3. The van der Waals surface area contributed by atoms with Crippen LogP contribution >= 0.6 is 0 Å². The number of amides is 2. The van der Waals surface area contributed by atoms with E-state index in [-0.39, 0.29) is 24.8 Å². The van der Waals surface area contributed by atoms with Crippen molar-refractivity contribution in [3.63, 3.8) is 0 Å². The number of anilines is 2. The molecule has 3 aromatic rings. The number of carbonyl (C=O) groups excluding carboxylic acids is 2. The summed E-state index contributed by atoms with van der Waals surface area (Å²) < 4.78 is 10.5. The first-order chi connectivity index (χ1) is 15.6. The normalized spacial score (nSPS) is 13.0. The van der Waals surface area contributed by atoms with Crippen LogP contribution < -0.4 is 19.7 Å². The van der Waals surface area contributed by atoms with Crippen LogP contribution in [0.1, 0.15) is 12.0 Å². The fraction of sp³-hybridized carbons (Fsp3) is 0.167. The molecule has 8 nitrogen and oxygen atoms in total. The van der Waals surface area contributed by atoms with Crippen LogP contribution in [0.4, 0.5) is 17.2 Å². The van der Waals surface area contributed by atoms with Gasteiger partial charge >= 0.3 is 0 Å². The predicted octanol–water partition coefficient (Wildman–Crippen LogP) is 3.60. The standard InChI is InChI=1S/C24H22N4O4/c1-31-20-11-10-17(13-21(20)32-2)26-22(29)15-28-23(30)14-19(16-7-4-3-5-8-16)27-18-9-6-12-25-24(18)28/h3-13H,14-15H2,1-2H3,(H,26,29). The monoisotopic (exact) mass is 430 g/mol. The lowest BCUT2D eigenvalue weighted by Crippen LogP contribution is -2.39. The number of pyridine rings is 1. The summed E-state index contributed by atoms with van der Waals surface area (Å²) in [5, 5.41) is 2.80. The van der Waals surface area contributed by atoms with E-state index in [1.807, 2.05) is 30.3 Å². The zero-order valence-corrected chi connectivity index (χ0v) is 17.7. The van der Waals surface area contributed by atoms with E-state index in [0.29, 0.717) is 34.4 Å². The van der Waals surface area contributed by atoms with Gasteiger partial charge in [-0.2, -0.15) is 0 Å². The van der Waals surface area contributed by atoms with E-state index in [1.165, 1.54) is 19.1 Å². The summed E-state index contributed by atoms with van der Waals surface area (Å²) in [4.78, 5) is 36.3. The number of aliphatic imine (C=N–C) groups is 1. The van der Waals surface area contributed by atoms with Gasteiger partial charge in [0.2, 0.25) is 11.8 Å². The highest BCUT2D eigenvalue weighted by atomic mass is 16.5. The number of nitrogens with one attached hydrogen (secondary N) is 1. The smallest absolute Gasteiger partial charge is 0.244 e. The third kappa shape index (κ3) is 4.44. The number of aromatic nitrogens is 1. The SMILES string of the molecule is COc1ccc(NC(=O)CN2C(=O)CC(c3ccccc3)=Nc3cccnc32)cc1OC. The van der Waals surface area contributed by atoms with Crippen LogP contribution in [0.5, 0.6) is 11.5 Å². The summed E-state index contributed by atoms with van der Waals surface area (Å²) in [6.07, 6.45) is 1.64. The first kappa shape index (κ1) is 21.0. The number of rotatable bonds is 6. The van der Waals surface area contributed by atoms with Crippen molar-refractivity contribution < 1.29 is 19.1 Å². The third-order valence-corrected chi connectivity index (χ3v) is 4.97. The number of carbonyl (C=O) groups is 2. The van der Waals surface area contributed by atoms with Crippen LogP contribution in [-0.2, 0) is 9.59 Å². The molecule has 0 fully saturated rings. The molecular weight excluding hydrogens is 408 g/mol. The van der Waals surface area contributed by atoms with E-state index in [9.17, 15) is 9.59 Å². The molecule has 0 bridgehead atoms. The number of hydrogen-bond donors (Lipinski definition) is 1. The van der Waals surface area contributed by atoms with Gasteiger partial charge in [0.25, 0.3) is 0 Å². The Bertz CT molecular complexity index is 1180. The molecule has 0 aliphatic carbocycles. The molecule has 1 aromatic heterocycles. The Kier molecular flexibility index (Phi) is 6.12. The van der Waals surface area contributed by atoms with Crippen LogP contribution in [0.2, 0.25) is 0 Å². The van der Waals surface area contributed by atoms with Crippen molar-refractivity contribution in [2.75, 3.05) is 31.0 Å². The Morgan fingerprint density at radius 2 is 1.81 bits per heavy atom. The van der Waals surface area contributed by atoms with Gasteiger partial charge in [-0.1, -0.05) is 30.3 Å². The van der Waals surface area contributed by atoms with Gasteiger partial charge in [0.1, 0.15) is 12.2 Å². The summed E-state index contributed by atoms with van der Waals surface area (Å²) in [7, 11) is 3.06. The average Bonchev–Trinajstić information content (AvgIpc) is 2.96. The maximum atomic E-state index is 13.1. The van der Waals surface area contributed by atoms with Crippen LogP contribution in [0.15, 0.2) is 71.9 Å². The molecule has 0 radical (unpaired) electrons. The van der Waals surface area contributed by atoms with Crippen LogP contribution in [0, 0.1) is 0 Å². The highest BCUT2D eigenvalue weighted by molar-refractivity contribution is 6.18. The maximum Gasteiger partial charge on any atom is 0.244 e. The molecule has 0 saturated heterocycles. The molecule has 0 atom stereocenters. The largest absolute Gasteiger partial charge is 0.493 e. The molecule has 162 valence electrons. The fourth-order valence-corrected chi connectivity index (χ4v) is 3.44. The lowest BCUT2D eigenvalue weighted by Gasteiger charge is -2.20. The van der Waals surface area contributed by atoms with Crippen LogP contribution in [0.3, 0.4) is 0 Å². The van der Waals surface area contributed by atoms with Gasteiger partial charge in [-0.15, -0.1) is 0 Å². The van der Waals surface area contributed by atoms with Crippen molar-refractivity contribution in [2.24, 2.45) is 4.99 Å². The molecular formula is C24H22N4O4. The zero-order chi connectivity index (χ0) is 22.5. The number of hydrogen-bond acceptors (Lipinski definition) is 6. The number of methoxy groups -OCH3 is 2. The van der Waals surface area contributed by atoms with Crippen LogP contribution in [0.25, 0.3) is 0 Å². The van der Waals surface area contributed by atoms with Crippen LogP contribution in [-0.4, -0.2) is 43.3 Å². The molecule has 1 aliphatic heterocycles. The summed E-state index contributed by atoms with van der Waals surface area (Å²) in [6, 6.07) is 18.1. The minimum atomic E-state index is -0.370. The van der Waals surface area contributed by atoms with Crippen molar-refractivity contribution in [1.82, 2.24) is 4.98 Å². The van der Waals surface area contributed by atoms with Gasteiger partial charge in [-0.25, -0.2) is 9.98 Å². The van der Waals surface area contributed by atoms with E-state index in [2.05, 4.69) is 15.3 Å². The van der Waals surface area contributed by atoms with Crippen molar-refractivity contribution in [2.45, 2.75) is 6.42 Å². The van der Waals surface area contributed by atoms with Gasteiger partial charge < -0.3 is 14.8 Å². The Morgan fingerprint density at radius 3 is 2.56 bits per heavy atom. The number of fused-ring (bicyclic) bond motifs is 1. The predicted molar refractivity (Wildman–Crippen MR) is 122 cm³/mol. The van der Waals surface area contributed by atoms with E-state index in [0.717, 1.165) is 5.56 Å². The Hall–Kier alpha value is -4.20. The average molecular weight is 430 g/mol. The van der Waals surface area contributed by atoms with Crippen molar-refractivity contribution >= 4 is 34.7 Å². The first-order valence-corrected chi connectivity index (χ1v) is 9.99. The molecule has 2 amide bonds. The molecule has 8 heteroatoms. The van der Waals surface area contributed by atoms with Gasteiger partial charge in [-0.3, -0.25) is 14.5 Å². The Morgan fingerprint density at radius 1 is 1.03 bits per heavy atom. The molecule has 0 unspecified atom stereocenters. The van der Waals surface area contributed by atoms with Crippen molar-refractivity contribution in [3.8, 4) is 11.5 Å². The van der Waals surface area contributed by atoms with E-state index >= 15 is 0 Å². The summed E-state index contributed by atoms with van der Waals surface area (Å²) in [5.74, 6) is 0.768. The van der Waals surface area contributed by atoms with E-state index in [4.69, 9.17) is 9.47 Å². The summed E-state index contributed by atoms with van der Waals surface area (Å²) in [5.41, 5.74) is 2.55. The van der Waals surface area contributed by atoms with Gasteiger partial charge in [0.15, 0.2) is 17.3 Å². The first-order valence-electron chi connectivity index (χ1n) is 9.99. The lowest BCUT2D eigenvalue weighted by molar-refractivity contribution is -0.120. The topological polar surface area (TPSA) is 93.1 Å². The number of ether oxygens (including phenoxy) is 2. The molecule has 0 spiro atoms. The molecule has 2 heterocycles. The third-order valence-electron chi connectivity index (χ3n) is 4.97. The molecule has 1 N–H and O–H groups in total. The van der Waals surface area contributed by atoms with Crippen molar-refractivity contribution in [1.29, 1.82) is 0 Å². The maximum absolute atomic E-state index is 13.1. The molecule has 4 rings (SSSR count). The Labute approximate surface area is 185 Å². The Balaban J connectivity index is 1.57. The second kappa shape index (κ2) is 9.30. The second-order valence-electron chi connectivity index (χ2n) is 7.05. The van der Waals surface area contributed by atoms with Gasteiger partial charge in [-0.05, 0) is 29.8 Å². The van der Waals surface area contributed by atoms with Gasteiger partial charge in [0.05, 0.1) is 26.4 Å². The molecule has 32 heavy (non-hydrogen) atoms. The highest BCUT2D eigenvalue weighted by Gasteiger charge is 2.27. The van der Waals surface area contributed by atoms with Crippen molar-refractivity contribution in [3.05, 3.63) is 72.4 Å². The molecule has 0 saturated carbocycles. The minimum absolute atomic E-state index is 0.0595. The molecule has 2 aromatic carbocycles.